The van der Waals surface area contributed by atoms with Crippen molar-refractivity contribution in [1.82, 2.24) is 19.0 Å². The van der Waals surface area contributed by atoms with E-state index in [1.54, 1.807) is 17.2 Å². The zero-order valence-corrected chi connectivity index (χ0v) is 22.2. The Kier molecular flexibility index (Phi) is 5.91. The van der Waals surface area contributed by atoms with Crippen LogP contribution in [0.15, 0.2) is 61.1 Å². The molecule has 4 heterocycles. The minimum atomic E-state index is -0.554. The summed E-state index contributed by atoms with van der Waals surface area (Å²) in [5.41, 5.74) is 5.31. The van der Waals surface area contributed by atoms with E-state index in [-0.39, 0.29) is 11.9 Å². The third-order valence-electron chi connectivity index (χ3n) is 7.12. The van der Waals surface area contributed by atoms with Gasteiger partial charge in [0, 0.05) is 62.9 Å². The van der Waals surface area contributed by atoms with Crippen molar-refractivity contribution in [2.45, 2.75) is 32.9 Å². The van der Waals surface area contributed by atoms with Crippen LogP contribution in [0.5, 0.6) is 0 Å². The Labute approximate surface area is 226 Å². The number of imidazole rings is 1. The quantitative estimate of drug-likeness (QED) is 0.261. The lowest BCUT2D eigenvalue weighted by molar-refractivity contribution is 0.0240. The van der Waals surface area contributed by atoms with Crippen molar-refractivity contribution in [3.8, 4) is 28.3 Å². The molecule has 2 aromatic heterocycles. The molecular weight excluding hydrogens is 495 g/mol. The van der Waals surface area contributed by atoms with Gasteiger partial charge in [0.15, 0.2) is 11.5 Å². The predicted molar refractivity (Wildman–Crippen MR) is 148 cm³/mol. The highest BCUT2D eigenvalue weighted by molar-refractivity contribution is 5.73. The molecular formula is C30H29FN6O2. The topological polar surface area (TPSA) is 59.9 Å². The fourth-order valence-electron chi connectivity index (χ4n) is 5.23. The van der Waals surface area contributed by atoms with E-state index in [0.29, 0.717) is 44.1 Å². The van der Waals surface area contributed by atoms with E-state index in [2.05, 4.69) is 26.7 Å². The lowest BCUT2D eigenvalue weighted by atomic mass is 10.1. The number of ether oxygens (including phenoxy) is 1. The van der Waals surface area contributed by atoms with Crippen molar-refractivity contribution in [3.63, 3.8) is 0 Å². The summed E-state index contributed by atoms with van der Waals surface area (Å²) in [7, 11) is 0. The highest BCUT2D eigenvalue weighted by Crippen LogP contribution is 2.36. The van der Waals surface area contributed by atoms with E-state index in [1.165, 1.54) is 0 Å². The number of carbonyl (C=O) groups excluding carboxylic acids is 1. The van der Waals surface area contributed by atoms with Crippen LogP contribution in [-0.4, -0.2) is 56.9 Å². The van der Waals surface area contributed by atoms with Gasteiger partial charge in [-0.05, 0) is 44.0 Å². The molecule has 39 heavy (non-hydrogen) atoms. The van der Waals surface area contributed by atoms with Gasteiger partial charge in [0.25, 0.3) is 0 Å². The lowest BCUT2D eigenvalue weighted by Crippen LogP contribution is -2.50. The van der Waals surface area contributed by atoms with Crippen molar-refractivity contribution in [2.24, 2.45) is 0 Å². The first kappa shape index (κ1) is 24.7. The SMILES string of the molecule is [C-]#[N+]c1ccc(-c2cc3n(c2)Cc2cc(N4CCN(C(=O)OC(C)(C)C)CC4)c(F)cc2-n2ccnc2-3)cc1. The number of benzene rings is 2. The van der Waals surface area contributed by atoms with Gasteiger partial charge >= 0.3 is 6.09 Å². The largest absolute Gasteiger partial charge is 0.444 e. The van der Waals surface area contributed by atoms with Crippen molar-refractivity contribution >= 4 is 17.5 Å². The van der Waals surface area contributed by atoms with Gasteiger partial charge in [-0.25, -0.2) is 19.0 Å². The van der Waals surface area contributed by atoms with E-state index in [1.807, 2.05) is 66.8 Å². The molecule has 1 saturated heterocycles. The Morgan fingerprint density at radius 1 is 1.03 bits per heavy atom. The smallest absolute Gasteiger partial charge is 0.410 e. The average Bonchev–Trinajstić information content (AvgIpc) is 3.54. The molecule has 1 amide bonds. The first-order valence-electron chi connectivity index (χ1n) is 13.0. The standard InChI is InChI=1S/C30H29FN6O2/c1-30(2,3)39-29(38)35-13-11-34(12-14-35)26-16-22-19-36-18-21(20-5-7-23(32-4)8-6-20)15-27(36)28-33-9-10-37(28)25(22)17-24(26)31/h5-10,15-18H,11-14,19H2,1-3H3. The number of hydrogen-bond donors (Lipinski definition) is 0. The molecule has 0 atom stereocenters. The van der Waals surface area contributed by atoms with Crippen LogP contribution in [-0.2, 0) is 11.3 Å². The van der Waals surface area contributed by atoms with Crippen LogP contribution >= 0.6 is 0 Å². The van der Waals surface area contributed by atoms with Gasteiger partial charge in [-0.3, -0.25) is 4.57 Å². The summed E-state index contributed by atoms with van der Waals surface area (Å²) >= 11 is 0. The summed E-state index contributed by atoms with van der Waals surface area (Å²) in [6.45, 7) is 15.3. The summed E-state index contributed by atoms with van der Waals surface area (Å²) in [5, 5.41) is 0. The number of anilines is 1. The number of aromatic nitrogens is 3. The molecule has 0 spiro atoms. The Balaban J connectivity index is 1.30. The number of halogens is 1. The van der Waals surface area contributed by atoms with Gasteiger partial charge in [0.05, 0.1) is 23.6 Å². The first-order valence-corrected chi connectivity index (χ1v) is 13.0. The summed E-state index contributed by atoms with van der Waals surface area (Å²) in [6.07, 6.45) is 5.34. The maximum Gasteiger partial charge on any atom is 0.410 e. The van der Waals surface area contributed by atoms with E-state index in [0.717, 1.165) is 33.9 Å². The monoisotopic (exact) mass is 524 g/mol. The summed E-state index contributed by atoms with van der Waals surface area (Å²) < 4.78 is 25.2. The van der Waals surface area contributed by atoms with Crippen molar-refractivity contribution in [2.75, 3.05) is 31.1 Å². The number of fused-ring (bicyclic) bond motifs is 5. The highest BCUT2D eigenvalue weighted by Gasteiger charge is 2.29. The fraction of sp³-hybridized carbons (Fsp3) is 0.300. The Morgan fingerprint density at radius 2 is 1.77 bits per heavy atom. The molecule has 2 aliphatic heterocycles. The zero-order valence-electron chi connectivity index (χ0n) is 22.2. The van der Waals surface area contributed by atoms with Crippen LogP contribution in [0.2, 0.25) is 0 Å². The zero-order chi connectivity index (χ0) is 27.3. The molecule has 198 valence electrons. The van der Waals surface area contributed by atoms with Crippen LogP contribution in [0, 0.1) is 12.4 Å². The van der Waals surface area contributed by atoms with Crippen LogP contribution in [0.4, 0.5) is 20.6 Å². The van der Waals surface area contributed by atoms with Gasteiger partial charge in [0.2, 0.25) is 0 Å². The van der Waals surface area contributed by atoms with E-state index in [9.17, 15) is 4.79 Å². The summed E-state index contributed by atoms with van der Waals surface area (Å²) in [6, 6.07) is 13.1. The average molecular weight is 525 g/mol. The molecule has 2 aliphatic rings. The molecule has 9 heteroatoms. The Bertz CT molecular complexity index is 1600. The van der Waals surface area contributed by atoms with Gasteiger partial charge in [-0.1, -0.05) is 24.3 Å². The molecule has 6 rings (SSSR count). The normalized spacial score (nSPS) is 14.6. The van der Waals surface area contributed by atoms with Crippen molar-refractivity contribution in [1.29, 1.82) is 0 Å². The third kappa shape index (κ3) is 4.63. The van der Waals surface area contributed by atoms with Gasteiger partial charge in [0.1, 0.15) is 11.4 Å². The number of rotatable bonds is 2. The van der Waals surface area contributed by atoms with Gasteiger partial charge < -0.3 is 19.1 Å². The molecule has 0 unspecified atom stereocenters. The second-order valence-electron chi connectivity index (χ2n) is 10.9. The minimum absolute atomic E-state index is 0.300. The predicted octanol–water partition coefficient (Wildman–Crippen LogP) is 6.12. The van der Waals surface area contributed by atoms with Gasteiger partial charge in [-0.15, -0.1) is 0 Å². The molecule has 0 saturated carbocycles. The molecule has 8 nitrogen and oxygen atoms in total. The molecule has 0 bridgehead atoms. The number of hydrogen-bond acceptors (Lipinski definition) is 4. The van der Waals surface area contributed by atoms with Crippen LogP contribution in [0.3, 0.4) is 0 Å². The maximum absolute atomic E-state index is 15.6. The summed E-state index contributed by atoms with van der Waals surface area (Å²) in [5.74, 6) is 0.446. The number of carbonyl (C=O) groups is 1. The first-order chi connectivity index (χ1) is 18.7. The molecule has 0 N–H and O–H groups in total. The molecule has 0 aliphatic carbocycles. The lowest BCUT2D eigenvalue weighted by Gasteiger charge is -2.37. The summed E-state index contributed by atoms with van der Waals surface area (Å²) in [4.78, 5) is 24.2. The van der Waals surface area contributed by atoms with E-state index < -0.39 is 5.60 Å². The Hall–Kier alpha value is -4.58. The number of nitrogens with zero attached hydrogens (tertiary/aromatic N) is 6. The fourth-order valence-corrected chi connectivity index (χ4v) is 5.23. The molecule has 4 aromatic rings. The van der Waals surface area contributed by atoms with Crippen molar-refractivity contribution in [3.05, 3.63) is 83.9 Å². The second kappa shape index (κ2) is 9.31. The Morgan fingerprint density at radius 3 is 2.46 bits per heavy atom. The van der Waals surface area contributed by atoms with Crippen LogP contribution in [0.25, 0.3) is 33.2 Å². The molecule has 0 radical (unpaired) electrons. The second-order valence-corrected chi connectivity index (χ2v) is 10.9. The number of amides is 1. The highest BCUT2D eigenvalue weighted by atomic mass is 19.1. The maximum atomic E-state index is 15.6. The van der Waals surface area contributed by atoms with E-state index in [4.69, 9.17) is 11.3 Å². The molecule has 1 fully saturated rings. The van der Waals surface area contributed by atoms with Crippen molar-refractivity contribution < 1.29 is 13.9 Å². The number of piperazine rings is 1. The molecule has 2 aromatic carbocycles. The third-order valence-corrected chi connectivity index (χ3v) is 7.12. The van der Waals surface area contributed by atoms with Crippen LogP contribution < -0.4 is 4.90 Å². The van der Waals surface area contributed by atoms with Gasteiger partial charge in [-0.2, -0.15) is 0 Å². The van der Waals surface area contributed by atoms with Crippen LogP contribution in [0.1, 0.15) is 26.3 Å². The van der Waals surface area contributed by atoms with E-state index >= 15 is 4.39 Å². The minimum Gasteiger partial charge on any atom is -0.444 e.